The molecule has 2 rings (SSSR count). The van der Waals surface area contributed by atoms with Gasteiger partial charge in [0.15, 0.2) is 0 Å². The van der Waals surface area contributed by atoms with E-state index in [4.69, 9.17) is 0 Å². The number of carbonyl (C=O) groups excluding carboxylic acids is 1. The molecule has 0 aromatic carbocycles. The molecule has 6 heteroatoms. The van der Waals surface area contributed by atoms with Crippen molar-refractivity contribution in [2.24, 2.45) is 0 Å². The quantitative estimate of drug-likeness (QED) is 0.679. The van der Waals surface area contributed by atoms with Crippen molar-refractivity contribution in [3.63, 3.8) is 0 Å². The highest BCUT2D eigenvalue weighted by molar-refractivity contribution is 7.07. The largest absolute Gasteiger partial charge is 0.285 e. The molecule has 0 unspecified atom stereocenters. The number of aromatic nitrogens is 3. The Balaban J connectivity index is 2.34. The van der Waals surface area contributed by atoms with Gasteiger partial charge < -0.3 is 0 Å². The molecule has 0 radical (unpaired) electrons. The molecule has 2 aromatic heterocycles. The van der Waals surface area contributed by atoms with Crippen LogP contribution in [0.4, 0.5) is 0 Å². The number of hydrogen-bond donors (Lipinski definition) is 0. The van der Waals surface area contributed by atoms with Crippen LogP contribution in [0, 0.1) is 0 Å². The van der Waals surface area contributed by atoms with Gasteiger partial charge in [-0.2, -0.15) is 8.75 Å². The summed E-state index contributed by atoms with van der Waals surface area (Å²) in [6.07, 6.45) is 1.45. The average Bonchev–Trinajstić information content (AvgIpc) is 2.77. The maximum Gasteiger partial charge on any atom is 0.233 e. The predicted octanol–water partition coefficient (Wildman–Crippen LogP) is 1.23. The first kappa shape index (κ1) is 7.51. The fraction of sp³-hybridized carbons (Fsp3) is 0. The molecule has 0 fully saturated rings. The van der Waals surface area contributed by atoms with Crippen LogP contribution in [-0.2, 0) is 0 Å². The van der Waals surface area contributed by atoms with Gasteiger partial charge in [0.1, 0.15) is 11.4 Å². The van der Waals surface area contributed by atoms with Crippen molar-refractivity contribution in [2.45, 2.75) is 0 Å². The van der Waals surface area contributed by atoms with Crippen molar-refractivity contribution < 1.29 is 4.79 Å². The number of thiazole rings is 1. The molecule has 0 N–H and O–H groups in total. The van der Waals surface area contributed by atoms with E-state index in [-0.39, 0.29) is 5.78 Å². The predicted molar refractivity (Wildman–Crippen MR) is 45.5 cm³/mol. The van der Waals surface area contributed by atoms with Crippen molar-refractivity contribution in [1.29, 1.82) is 0 Å². The minimum atomic E-state index is -0.162. The summed E-state index contributed by atoms with van der Waals surface area (Å²) in [6, 6.07) is 0. The Bertz CT molecular complexity index is 331. The van der Waals surface area contributed by atoms with Crippen LogP contribution >= 0.6 is 23.1 Å². The summed E-state index contributed by atoms with van der Waals surface area (Å²) >= 11 is 2.41. The molecule has 0 saturated heterocycles. The lowest BCUT2D eigenvalue weighted by Gasteiger charge is -1.86. The summed E-state index contributed by atoms with van der Waals surface area (Å²) in [5, 5.41) is 1.70. The van der Waals surface area contributed by atoms with Crippen LogP contribution in [0.2, 0.25) is 0 Å². The molecule has 0 atom stereocenters. The summed E-state index contributed by atoms with van der Waals surface area (Å²) in [7, 11) is 0. The summed E-state index contributed by atoms with van der Waals surface area (Å²) < 4.78 is 7.56. The van der Waals surface area contributed by atoms with Gasteiger partial charge in [-0.3, -0.25) is 4.79 Å². The van der Waals surface area contributed by atoms with Crippen LogP contribution in [0.25, 0.3) is 0 Å². The number of rotatable bonds is 2. The van der Waals surface area contributed by atoms with E-state index in [1.165, 1.54) is 17.5 Å². The van der Waals surface area contributed by atoms with Gasteiger partial charge in [-0.05, 0) is 0 Å². The lowest BCUT2D eigenvalue weighted by atomic mass is 10.2. The molecule has 0 saturated carbocycles. The Morgan fingerprint density at radius 3 is 2.92 bits per heavy atom. The van der Waals surface area contributed by atoms with E-state index < -0.39 is 0 Å². The molecule has 2 heterocycles. The van der Waals surface area contributed by atoms with Crippen molar-refractivity contribution in [3.8, 4) is 0 Å². The highest BCUT2D eigenvalue weighted by Gasteiger charge is 2.12. The van der Waals surface area contributed by atoms with E-state index in [2.05, 4.69) is 13.7 Å². The topological polar surface area (TPSA) is 55.7 Å². The first-order valence-corrected chi connectivity index (χ1v) is 4.75. The standard InChI is InChI=1S/C6H3N3OS2/c10-6(4-1-8-12-9-4)5-2-11-3-7-5/h1-3H. The molecule has 0 aliphatic carbocycles. The lowest BCUT2D eigenvalue weighted by molar-refractivity contribution is 0.103. The van der Waals surface area contributed by atoms with Crippen LogP contribution in [-0.4, -0.2) is 19.5 Å². The smallest absolute Gasteiger partial charge is 0.233 e. The highest BCUT2D eigenvalue weighted by atomic mass is 32.1. The fourth-order valence-corrected chi connectivity index (χ4v) is 1.66. The summed E-state index contributed by atoms with van der Waals surface area (Å²) in [5.74, 6) is -0.162. The normalized spacial score (nSPS) is 10.0. The van der Waals surface area contributed by atoms with Gasteiger partial charge >= 0.3 is 0 Å². The van der Waals surface area contributed by atoms with Crippen molar-refractivity contribution in [1.82, 2.24) is 13.7 Å². The molecule has 0 spiro atoms. The molecule has 0 amide bonds. The molecular formula is C6H3N3OS2. The van der Waals surface area contributed by atoms with E-state index in [9.17, 15) is 4.79 Å². The van der Waals surface area contributed by atoms with Crippen molar-refractivity contribution in [3.05, 3.63) is 28.5 Å². The molecule has 0 bridgehead atoms. The van der Waals surface area contributed by atoms with E-state index >= 15 is 0 Å². The van der Waals surface area contributed by atoms with Crippen molar-refractivity contribution >= 4 is 28.8 Å². The second kappa shape index (κ2) is 3.08. The van der Waals surface area contributed by atoms with Crippen LogP contribution in [0.15, 0.2) is 17.1 Å². The van der Waals surface area contributed by atoms with Crippen LogP contribution in [0.3, 0.4) is 0 Å². The van der Waals surface area contributed by atoms with Crippen LogP contribution < -0.4 is 0 Å². The molecule has 0 aliphatic heterocycles. The number of nitrogens with zero attached hydrogens (tertiary/aromatic N) is 3. The summed E-state index contributed by atoms with van der Waals surface area (Å²) in [4.78, 5) is 15.3. The Morgan fingerprint density at radius 2 is 2.33 bits per heavy atom. The van der Waals surface area contributed by atoms with Gasteiger partial charge in [-0.15, -0.1) is 11.3 Å². The summed E-state index contributed by atoms with van der Waals surface area (Å²) in [6.45, 7) is 0. The third-order valence-corrected chi connectivity index (χ3v) is 2.32. The molecule has 12 heavy (non-hydrogen) atoms. The number of carbonyl (C=O) groups is 1. The first-order valence-electron chi connectivity index (χ1n) is 3.08. The zero-order chi connectivity index (χ0) is 8.39. The molecule has 0 aliphatic rings. The Labute approximate surface area is 76.2 Å². The minimum Gasteiger partial charge on any atom is -0.285 e. The molecule has 4 nitrogen and oxygen atoms in total. The number of ketones is 1. The Kier molecular flexibility index (Phi) is 1.92. The lowest BCUT2D eigenvalue weighted by Crippen LogP contribution is -2.00. The SMILES string of the molecule is O=C(c1cscn1)c1cnsn1. The zero-order valence-corrected chi connectivity index (χ0v) is 7.43. The second-order valence-corrected chi connectivity index (χ2v) is 3.27. The number of hydrogen-bond acceptors (Lipinski definition) is 6. The van der Waals surface area contributed by atoms with Crippen molar-refractivity contribution in [2.75, 3.05) is 0 Å². The minimum absolute atomic E-state index is 0.162. The fourth-order valence-electron chi connectivity index (χ4n) is 0.721. The van der Waals surface area contributed by atoms with Gasteiger partial charge in [0.2, 0.25) is 5.78 Å². The Morgan fingerprint density at radius 1 is 1.42 bits per heavy atom. The highest BCUT2D eigenvalue weighted by Crippen LogP contribution is 2.07. The maximum atomic E-state index is 11.4. The monoisotopic (exact) mass is 197 g/mol. The Hall–Kier alpha value is -1.14. The van der Waals surface area contributed by atoms with Gasteiger partial charge in [0, 0.05) is 5.38 Å². The average molecular weight is 197 g/mol. The van der Waals surface area contributed by atoms with Crippen LogP contribution in [0.5, 0.6) is 0 Å². The van der Waals surface area contributed by atoms with Gasteiger partial charge in [0.25, 0.3) is 0 Å². The van der Waals surface area contributed by atoms with E-state index in [1.54, 1.807) is 10.9 Å². The second-order valence-electron chi connectivity index (χ2n) is 2.00. The maximum absolute atomic E-state index is 11.4. The zero-order valence-electron chi connectivity index (χ0n) is 5.80. The van der Waals surface area contributed by atoms with Gasteiger partial charge in [-0.1, -0.05) is 0 Å². The van der Waals surface area contributed by atoms with Gasteiger partial charge in [0.05, 0.1) is 23.4 Å². The van der Waals surface area contributed by atoms with Gasteiger partial charge in [-0.25, -0.2) is 4.98 Å². The summed E-state index contributed by atoms with van der Waals surface area (Å²) in [5.41, 5.74) is 2.42. The van der Waals surface area contributed by atoms with E-state index in [0.29, 0.717) is 11.4 Å². The molecule has 2 aromatic rings. The third kappa shape index (κ3) is 1.26. The third-order valence-electron chi connectivity index (χ3n) is 1.26. The molecule has 60 valence electrons. The van der Waals surface area contributed by atoms with E-state index in [1.807, 2.05) is 0 Å². The first-order chi connectivity index (χ1) is 5.88. The van der Waals surface area contributed by atoms with Crippen LogP contribution in [0.1, 0.15) is 16.2 Å². The van der Waals surface area contributed by atoms with E-state index in [0.717, 1.165) is 11.7 Å². The molecular weight excluding hydrogens is 194 g/mol.